The maximum Gasteiger partial charge on any atom is 0.405 e. The fraction of sp³-hybridized carbons (Fsp3) is 0.214. The number of carbonyl (C=O) groups excluding carboxylic acids is 1. The lowest BCUT2D eigenvalue weighted by molar-refractivity contribution is -0.138. The van der Waals surface area contributed by atoms with Crippen LogP contribution in [0, 0.1) is 12.8 Å². The van der Waals surface area contributed by atoms with Crippen molar-refractivity contribution >= 4 is 22.9 Å². The first kappa shape index (κ1) is 25.2. The molecule has 2 aromatic heterocycles. The summed E-state index contributed by atoms with van der Waals surface area (Å²) in [5.41, 5.74) is 3.30. The lowest BCUT2D eigenvalue weighted by atomic mass is 9.96. The molecule has 10 heteroatoms. The number of amides is 1. The van der Waals surface area contributed by atoms with E-state index in [9.17, 15) is 32.7 Å². The van der Waals surface area contributed by atoms with Gasteiger partial charge >= 0.3 is 12.1 Å². The van der Waals surface area contributed by atoms with Crippen molar-refractivity contribution in [3.05, 3.63) is 93.9 Å². The van der Waals surface area contributed by atoms with E-state index < -0.39 is 35.6 Å². The normalized spacial score (nSPS) is 16.8. The summed E-state index contributed by atoms with van der Waals surface area (Å²) in [4.78, 5) is 41.0. The molecule has 0 bridgehead atoms. The van der Waals surface area contributed by atoms with Gasteiger partial charge in [-0.3, -0.25) is 14.4 Å². The summed E-state index contributed by atoms with van der Waals surface area (Å²) in [5, 5.41) is 11.1. The first-order valence-corrected chi connectivity index (χ1v) is 11.8. The van der Waals surface area contributed by atoms with Crippen molar-refractivity contribution in [1.29, 1.82) is 0 Å². The Morgan fingerprint density at radius 3 is 2.61 bits per heavy atom. The van der Waals surface area contributed by atoms with E-state index in [-0.39, 0.29) is 22.9 Å². The highest BCUT2D eigenvalue weighted by Crippen LogP contribution is 2.48. The molecule has 5 rings (SSSR count). The molecule has 0 saturated heterocycles. The number of rotatable bonds is 6. The number of halogens is 3. The Bertz CT molecular complexity index is 1640. The number of fused-ring (bicyclic) bond motifs is 1. The molecule has 2 heterocycles. The predicted octanol–water partition coefficient (Wildman–Crippen LogP) is 4.84. The number of carbonyl (C=O) groups is 2. The van der Waals surface area contributed by atoms with Gasteiger partial charge in [0.1, 0.15) is 17.8 Å². The molecule has 194 valence electrons. The second kappa shape index (κ2) is 9.44. The Hall–Kier alpha value is -4.47. The van der Waals surface area contributed by atoms with Crippen molar-refractivity contribution in [3.63, 3.8) is 0 Å². The number of hydrogen-bond acceptors (Lipinski definition) is 4. The number of carboxylic acids is 1. The third-order valence-electron chi connectivity index (χ3n) is 6.68. The van der Waals surface area contributed by atoms with E-state index in [1.54, 1.807) is 17.4 Å². The number of hydrogen-bond donors (Lipinski definition) is 2. The molecule has 4 aromatic rings. The van der Waals surface area contributed by atoms with Crippen LogP contribution >= 0.6 is 0 Å². The Balaban J connectivity index is 1.55. The zero-order chi connectivity index (χ0) is 27.2. The molecule has 2 N–H and O–H groups in total. The fourth-order valence-corrected chi connectivity index (χ4v) is 4.70. The van der Waals surface area contributed by atoms with Crippen molar-refractivity contribution in [1.82, 2.24) is 14.9 Å². The van der Waals surface area contributed by atoms with E-state index >= 15 is 0 Å². The Morgan fingerprint density at radius 2 is 1.92 bits per heavy atom. The van der Waals surface area contributed by atoms with Crippen LogP contribution < -0.4 is 10.7 Å². The van der Waals surface area contributed by atoms with Crippen molar-refractivity contribution in [2.75, 3.05) is 6.54 Å². The monoisotopic (exact) mass is 521 g/mol. The molecule has 2 atom stereocenters. The minimum absolute atomic E-state index is 0.00657. The quantitative estimate of drug-likeness (QED) is 0.378. The summed E-state index contributed by atoms with van der Waals surface area (Å²) >= 11 is 0. The van der Waals surface area contributed by atoms with E-state index in [4.69, 9.17) is 0 Å². The first-order chi connectivity index (χ1) is 18.0. The Morgan fingerprint density at radius 1 is 1.13 bits per heavy atom. The van der Waals surface area contributed by atoms with Gasteiger partial charge in [0.25, 0.3) is 5.91 Å². The molecule has 1 aliphatic rings. The van der Waals surface area contributed by atoms with Crippen LogP contribution in [-0.2, 0) is 4.79 Å². The minimum atomic E-state index is -4.62. The summed E-state index contributed by atoms with van der Waals surface area (Å²) in [6.07, 6.45) is -1.31. The van der Waals surface area contributed by atoms with Gasteiger partial charge in [-0.2, -0.15) is 13.2 Å². The second-order valence-electron chi connectivity index (χ2n) is 9.33. The molecule has 1 aliphatic carbocycles. The van der Waals surface area contributed by atoms with Crippen LogP contribution in [0.15, 0.2) is 71.8 Å². The zero-order valence-electron chi connectivity index (χ0n) is 20.1. The van der Waals surface area contributed by atoms with Gasteiger partial charge in [-0.15, -0.1) is 0 Å². The number of carboxylic acid groups (broad SMARTS) is 1. The van der Waals surface area contributed by atoms with Gasteiger partial charge < -0.3 is 15.0 Å². The molecule has 0 aliphatic heterocycles. The van der Waals surface area contributed by atoms with Crippen molar-refractivity contribution in [2.24, 2.45) is 5.92 Å². The van der Waals surface area contributed by atoms with E-state index in [1.165, 1.54) is 29.1 Å². The van der Waals surface area contributed by atoms with Crippen LogP contribution in [-0.4, -0.2) is 39.3 Å². The number of nitrogens with zero attached hydrogens (tertiary/aromatic N) is 2. The molecule has 1 fully saturated rings. The molecule has 7 nitrogen and oxygen atoms in total. The van der Waals surface area contributed by atoms with Crippen LogP contribution in [0.25, 0.3) is 27.8 Å². The lowest BCUT2D eigenvalue weighted by Crippen LogP contribution is -2.36. The van der Waals surface area contributed by atoms with Gasteiger partial charge in [0.2, 0.25) is 5.43 Å². The van der Waals surface area contributed by atoms with E-state index in [0.717, 1.165) is 22.3 Å². The Kier molecular flexibility index (Phi) is 6.26. The highest BCUT2D eigenvalue weighted by atomic mass is 19.4. The fourth-order valence-electron chi connectivity index (χ4n) is 4.70. The summed E-state index contributed by atoms with van der Waals surface area (Å²) in [6.45, 7) is 0.373. The largest absolute Gasteiger partial charge is 0.481 e. The molecule has 38 heavy (non-hydrogen) atoms. The number of aryl methyl sites for hydroxylation is 1. The summed E-state index contributed by atoms with van der Waals surface area (Å²) in [7, 11) is 0. The topological polar surface area (TPSA) is 101 Å². The highest BCUT2D eigenvalue weighted by molar-refractivity contribution is 5.97. The SMILES string of the molecule is Cc1cc([C@@H]2C[C@H]2C(=O)O)ccc1-c1cccc(-n2cc(C(=O)NCC(F)(F)F)c(=O)c3cccnc32)c1. The van der Waals surface area contributed by atoms with Gasteiger partial charge in [0, 0.05) is 18.1 Å². The van der Waals surface area contributed by atoms with Crippen molar-refractivity contribution in [3.8, 4) is 16.8 Å². The lowest BCUT2D eigenvalue weighted by Gasteiger charge is -2.15. The predicted molar refractivity (Wildman–Crippen MR) is 134 cm³/mol. The third-order valence-corrected chi connectivity index (χ3v) is 6.68. The first-order valence-electron chi connectivity index (χ1n) is 11.8. The van der Waals surface area contributed by atoms with E-state index in [2.05, 4.69) is 4.98 Å². The number of benzene rings is 2. The summed E-state index contributed by atoms with van der Waals surface area (Å²) in [5.74, 6) is -2.27. The smallest absolute Gasteiger partial charge is 0.405 e. The average Bonchev–Trinajstić information content (AvgIpc) is 3.69. The molecule has 0 radical (unpaired) electrons. The van der Waals surface area contributed by atoms with Crippen molar-refractivity contribution < 1.29 is 27.9 Å². The maximum absolute atomic E-state index is 12.9. The maximum atomic E-state index is 12.9. The molecule has 0 unspecified atom stereocenters. The Labute approximate surface area is 214 Å². The van der Waals surface area contributed by atoms with Crippen LogP contribution in [0.3, 0.4) is 0 Å². The number of aliphatic carboxylic acids is 1. The highest BCUT2D eigenvalue weighted by Gasteiger charge is 2.44. The second-order valence-corrected chi connectivity index (χ2v) is 9.33. The standard InChI is InChI=1S/C28H22F3N3O4/c1-15-10-17(21-12-22(21)27(37)38)7-8-19(15)16-4-2-5-18(11-16)34-13-23(26(36)33-14-28(29,30)31)24(35)20-6-3-9-32-25(20)34/h2-11,13,21-22H,12,14H2,1H3,(H,33,36)(H,37,38)/t21-,22+/m0/s1. The van der Waals surface area contributed by atoms with Gasteiger partial charge in [0.05, 0.1) is 11.3 Å². The third kappa shape index (κ3) is 4.89. The summed E-state index contributed by atoms with van der Waals surface area (Å²) < 4.78 is 39.5. The van der Waals surface area contributed by atoms with Gasteiger partial charge in [-0.05, 0) is 65.8 Å². The molecule has 1 saturated carbocycles. The molecular formula is C28H22F3N3O4. The molecule has 2 aromatic carbocycles. The van der Waals surface area contributed by atoms with Crippen LogP contribution in [0.1, 0.15) is 33.8 Å². The number of aromatic nitrogens is 2. The number of alkyl halides is 3. The number of pyridine rings is 2. The van der Waals surface area contributed by atoms with Crippen LogP contribution in [0.2, 0.25) is 0 Å². The van der Waals surface area contributed by atoms with E-state index in [0.29, 0.717) is 12.1 Å². The zero-order valence-corrected chi connectivity index (χ0v) is 20.1. The average molecular weight is 521 g/mol. The van der Waals surface area contributed by atoms with Crippen molar-refractivity contribution in [2.45, 2.75) is 25.4 Å². The van der Waals surface area contributed by atoms with E-state index in [1.807, 2.05) is 37.3 Å². The minimum Gasteiger partial charge on any atom is -0.481 e. The number of nitrogens with one attached hydrogen (secondary N) is 1. The molecular weight excluding hydrogens is 499 g/mol. The van der Waals surface area contributed by atoms with Crippen LogP contribution in [0.5, 0.6) is 0 Å². The van der Waals surface area contributed by atoms with Gasteiger partial charge in [-0.1, -0.05) is 30.3 Å². The van der Waals surface area contributed by atoms with Crippen LogP contribution in [0.4, 0.5) is 13.2 Å². The van der Waals surface area contributed by atoms with Gasteiger partial charge in [0.15, 0.2) is 0 Å². The summed E-state index contributed by atoms with van der Waals surface area (Å²) in [6, 6.07) is 16.1. The van der Waals surface area contributed by atoms with Gasteiger partial charge in [-0.25, -0.2) is 4.98 Å². The molecule has 0 spiro atoms. The molecule has 1 amide bonds.